The zero-order valence-electron chi connectivity index (χ0n) is 15.5. The van der Waals surface area contributed by atoms with Crippen molar-refractivity contribution in [2.45, 2.75) is 51.1 Å². The maximum absolute atomic E-state index is 13.0. The second-order valence-corrected chi connectivity index (χ2v) is 7.65. The summed E-state index contributed by atoms with van der Waals surface area (Å²) in [5, 5.41) is 3.12. The lowest BCUT2D eigenvalue weighted by molar-refractivity contribution is -0.126. The average molecular weight is 366 g/mol. The molecule has 1 unspecified atom stereocenters. The molecular formula is C22H26N2O3. The SMILES string of the molecule is O=C(NCC1CCCCC1)C1Cc2ccccc2CN1C(=O)c1ccco1. The summed E-state index contributed by atoms with van der Waals surface area (Å²) in [6, 6.07) is 10.9. The minimum absolute atomic E-state index is 0.0602. The number of nitrogens with zero attached hydrogens (tertiary/aromatic N) is 1. The lowest BCUT2D eigenvalue weighted by atomic mass is 9.89. The summed E-state index contributed by atoms with van der Waals surface area (Å²) >= 11 is 0. The maximum atomic E-state index is 13.0. The van der Waals surface area contributed by atoms with Crippen LogP contribution in [0, 0.1) is 5.92 Å². The van der Waals surface area contributed by atoms with Gasteiger partial charge in [-0.05, 0) is 42.0 Å². The first-order valence-electron chi connectivity index (χ1n) is 9.91. The molecule has 1 saturated carbocycles. The number of hydrogen-bond acceptors (Lipinski definition) is 3. The predicted molar refractivity (Wildman–Crippen MR) is 102 cm³/mol. The molecule has 142 valence electrons. The standard InChI is InChI=1S/C22H26N2O3/c25-21(23-14-16-7-2-1-3-8-16)19-13-17-9-4-5-10-18(17)15-24(19)22(26)20-11-6-12-27-20/h4-6,9-12,16,19H,1-3,7-8,13-15H2,(H,23,25). The fourth-order valence-corrected chi connectivity index (χ4v) is 4.27. The van der Waals surface area contributed by atoms with E-state index in [2.05, 4.69) is 5.32 Å². The van der Waals surface area contributed by atoms with Crippen LogP contribution in [0.3, 0.4) is 0 Å². The van der Waals surface area contributed by atoms with E-state index < -0.39 is 6.04 Å². The molecule has 1 atom stereocenters. The summed E-state index contributed by atoms with van der Waals surface area (Å²) in [6.07, 6.45) is 8.20. The van der Waals surface area contributed by atoms with Gasteiger partial charge in [-0.3, -0.25) is 9.59 Å². The molecule has 2 heterocycles. The monoisotopic (exact) mass is 366 g/mol. The largest absolute Gasteiger partial charge is 0.459 e. The van der Waals surface area contributed by atoms with Crippen molar-refractivity contribution in [3.63, 3.8) is 0 Å². The molecule has 1 fully saturated rings. The normalized spacial score (nSPS) is 20.1. The summed E-state index contributed by atoms with van der Waals surface area (Å²) in [5.74, 6) is 0.551. The van der Waals surface area contributed by atoms with Gasteiger partial charge in [0, 0.05) is 19.5 Å². The van der Waals surface area contributed by atoms with Crippen LogP contribution in [0.1, 0.15) is 53.8 Å². The van der Waals surface area contributed by atoms with E-state index in [1.165, 1.54) is 38.4 Å². The Kier molecular flexibility index (Phi) is 5.28. The highest BCUT2D eigenvalue weighted by atomic mass is 16.3. The van der Waals surface area contributed by atoms with Gasteiger partial charge >= 0.3 is 0 Å². The van der Waals surface area contributed by atoms with E-state index in [1.54, 1.807) is 17.0 Å². The van der Waals surface area contributed by atoms with Crippen molar-refractivity contribution in [3.05, 3.63) is 59.5 Å². The van der Waals surface area contributed by atoms with E-state index in [1.807, 2.05) is 24.3 Å². The Labute approximate surface area is 159 Å². The van der Waals surface area contributed by atoms with Gasteiger partial charge in [0.05, 0.1) is 6.26 Å². The van der Waals surface area contributed by atoms with Gasteiger partial charge in [-0.25, -0.2) is 0 Å². The van der Waals surface area contributed by atoms with Crippen LogP contribution in [-0.2, 0) is 17.8 Å². The van der Waals surface area contributed by atoms with E-state index in [-0.39, 0.29) is 17.6 Å². The lowest BCUT2D eigenvalue weighted by Crippen LogP contribution is -2.53. The van der Waals surface area contributed by atoms with Gasteiger partial charge in [0.1, 0.15) is 6.04 Å². The molecule has 0 saturated heterocycles. The average Bonchev–Trinajstić information content (AvgIpc) is 3.26. The third-order valence-electron chi connectivity index (χ3n) is 5.83. The first-order chi connectivity index (χ1) is 13.2. The summed E-state index contributed by atoms with van der Waals surface area (Å²) in [5.41, 5.74) is 2.23. The molecule has 4 rings (SSSR count). The van der Waals surface area contributed by atoms with Gasteiger partial charge in [0.2, 0.25) is 5.91 Å². The quantitative estimate of drug-likeness (QED) is 0.900. The smallest absolute Gasteiger partial charge is 0.290 e. The molecule has 1 aromatic carbocycles. The Morgan fingerprint density at radius 3 is 2.56 bits per heavy atom. The first kappa shape index (κ1) is 17.8. The van der Waals surface area contributed by atoms with Crippen LogP contribution in [-0.4, -0.2) is 29.3 Å². The number of amides is 2. The number of carbonyl (C=O) groups excluding carboxylic acids is 2. The van der Waals surface area contributed by atoms with Crippen molar-refractivity contribution in [1.82, 2.24) is 10.2 Å². The minimum atomic E-state index is -0.499. The highest BCUT2D eigenvalue weighted by molar-refractivity contribution is 5.96. The number of carbonyl (C=O) groups is 2. The van der Waals surface area contributed by atoms with Crippen LogP contribution in [0.5, 0.6) is 0 Å². The molecule has 1 N–H and O–H groups in total. The van der Waals surface area contributed by atoms with E-state index in [0.717, 1.165) is 11.1 Å². The topological polar surface area (TPSA) is 62.6 Å². The fourth-order valence-electron chi connectivity index (χ4n) is 4.27. The third kappa shape index (κ3) is 3.92. The molecule has 27 heavy (non-hydrogen) atoms. The van der Waals surface area contributed by atoms with Gasteiger partial charge in [0.25, 0.3) is 5.91 Å². The molecular weight excluding hydrogens is 340 g/mol. The lowest BCUT2D eigenvalue weighted by Gasteiger charge is -2.36. The predicted octanol–water partition coefficient (Wildman–Crippen LogP) is 3.54. The van der Waals surface area contributed by atoms with Gasteiger partial charge in [-0.15, -0.1) is 0 Å². The number of furan rings is 1. The second-order valence-electron chi connectivity index (χ2n) is 7.65. The van der Waals surface area contributed by atoms with E-state index in [4.69, 9.17) is 4.42 Å². The Morgan fingerprint density at radius 1 is 1.04 bits per heavy atom. The molecule has 2 amide bonds. The highest BCUT2D eigenvalue weighted by Crippen LogP contribution is 2.26. The van der Waals surface area contributed by atoms with Crippen molar-refractivity contribution < 1.29 is 14.0 Å². The molecule has 5 heteroatoms. The number of hydrogen-bond donors (Lipinski definition) is 1. The molecule has 1 aliphatic carbocycles. The summed E-state index contributed by atoms with van der Waals surface area (Å²) in [7, 11) is 0. The second kappa shape index (κ2) is 7.99. The number of nitrogens with one attached hydrogen (secondary N) is 1. The summed E-state index contributed by atoms with van der Waals surface area (Å²) < 4.78 is 5.30. The van der Waals surface area contributed by atoms with Crippen LogP contribution in [0.4, 0.5) is 0 Å². The fraction of sp³-hybridized carbons (Fsp3) is 0.455. The van der Waals surface area contributed by atoms with Crippen LogP contribution >= 0.6 is 0 Å². The van der Waals surface area contributed by atoms with Crippen molar-refractivity contribution >= 4 is 11.8 Å². The van der Waals surface area contributed by atoms with Crippen LogP contribution < -0.4 is 5.32 Å². The van der Waals surface area contributed by atoms with Gasteiger partial charge in [-0.2, -0.15) is 0 Å². The number of rotatable bonds is 4. The third-order valence-corrected chi connectivity index (χ3v) is 5.83. The van der Waals surface area contributed by atoms with Crippen LogP contribution in [0.25, 0.3) is 0 Å². The number of benzene rings is 1. The minimum Gasteiger partial charge on any atom is -0.459 e. The Morgan fingerprint density at radius 2 is 1.81 bits per heavy atom. The van der Waals surface area contributed by atoms with Crippen molar-refractivity contribution in [2.24, 2.45) is 5.92 Å². The molecule has 1 aromatic heterocycles. The zero-order chi connectivity index (χ0) is 18.6. The zero-order valence-corrected chi connectivity index (χ0v) is 15.5. The van der Waals surface area contributed by atoms with E-state index in [0.29, 0.717) is 25.4 Å². The van der Waals surface area contributed by atoms with Gasteiger partial charge in [0.15, 0.2) is 5.76 Å². The van der Waals surface area contributed by atoms with Crippen molar-refractivity contribution in [3.8, 4) is 0 Å². The molecule has 0 radical (unpaired) electrons. The maximum Gasteiger partial charge on any atom is 0.290 e. The van der Waals surface area contributed by atoms with E-state index >= 15 is 0 Å². The molecule has 5 nitrogen and oxygen atoms in total. The molecule has 2 aromatic rings. The first-order valence-corrected chi connectivity index (χ1v) is 9.91. The van der Waals surface area contributed by atoms with Gasteiger partial charge < -0.3 is 14.6 Å². The molecule has 0 bridgehead atoms. The summed E-state index contributed by atoms with van der Waals surface area (Å²) in [6.45, 7) is 1.14. The van der Waals surface area contributed by atoms with Crippen molar-refractivity contribution in [2.75, 3.05) is 6.54 Å². The molecule has 0 spiro atoms. The highest BCUT2D eigenvalue weighted by Gasteiger charge is 2.36. The Hall–Kier alpha value is -2.56. The molecule has 1 aliphatic heterocycles. The van der Waals surface area contributed by atoms with Crippen LogP contribution in [0.2, 0.25) is 0 Å². The Balaban J connectivity index is 1.51. The summed E-state index contributed by atoms with van der Waals surface area (Å²) in [4.78, 5) is 27.6. The number of fused-ring (bicyclic) bond motifs is 1. The van der Waals surface area contributed by atoms with E-state index in [9.17, 15) is 9.59 Å². The molecule has 2 aliphatic rings. The van der Waals surface area contributed by atoms with Crippen molar-refractivity contribution in [1.29, 1.82) is 0 Å². The Bertz CT molecular complexity index is 794. The van der Waals surface area contributed by atoms with Gasteiger partial charge in [-0.1, -0.05) is 43.5 Å². The van der Waals surface area contributed by atoms with Crippen LogP contribution in [0.15, 0.2) is 47.1 Å².